The number of carboxylic acid groups (broad SMARTS) is 1. The molecule has 0 bridgehead atoms. The predicted molar refractivity (Wildman–Crippen MR) is 75.1 cm³/mol. The number of carboxylic acids is 1. The first-order valence-electron chi connectivity index (χ1n) is 5.55. The second-order valence-corrected chi connectivity index (χ2v) is 6.33. The summed E-state index contributed by atoms with van der Waals surface area (Å²) in [5.41, 5.74) is 1.02. The van der Waals surface area contributed by atoms with E-state index in [2.05, 4.69) is 21.2 Å². The van der Waals surface area contributed by atoms with Crippen molar-refractivity contribution in [3.05, 3.63) is 28.2 Å². The molecule has 1 aliphatic heterocycles. The van der Waals surface area contributed by atoms with Crippen molar-refractivity contribution in [2.24, 2.45) is 0 Å². The highest BCUT2D eigenvalue weighted by atomic mass is 79.9. The van der Waals surface area contributed by atoms with Gasteiger partial charge in [-0.3, -0.25) is 0 Å². The van der Waals surface area contributed by atoms with Gasteiger partial charge in [-0.1, -0.05) is 15.9 Å². The van der Waals surface area contributed by atoms with Gasteiger partial charge in [-0.2, -0.15) is 11.8 Å². The predicted octanol–water partition coefficient (Wildman–Crippen LogP) is 3.45. The molecule has 1 aromatic carbocycles. The van der Waals surface area contributed by atoms with E-state index in [4.69, 9.17) is 5.11 Å². The van der Waals surface area contributed by atoms with Crippen LogP contribution in [0.1, 0.15) is 23.2 Å². The summed E-state index contributed by atoms with van der Waals surface area (Å²) in [6.45, 7) is 0.835. The lowest BCUT2D eigenvalue weighted by Gasteiger charge is -2.13. The normalized spacial score (nSPS) is 19.2. The zero-order chi connectivity index (χ0) is 12.3. The highest BCUT2D eigenvalue weighted by molar-refractivity contribution is 9.10. The van der Waals surface area contributed by atoms with Crippen molar-refractivity contribution in [3.63, 3.8) is 0 Å². The van der Waals surface area contributed by atoms with Crippen LogP contribution >= 0.6 is 27.7 Å². The van der Waals surface area contributed by atoms with Crippen LogP contribution in [0, 0.1) is 0 Å². The first-order chi connectivity index (χ1) is 8.16. The SMILES string of the molecule is O=C(O)c1ccc(Br)cc1NCC1CCCS1. The number of halogens is 1. The van der Waals surface area contributed by atoms with Gasteiger partial charge in [-0.05, 0) is 36.8 Å². The standard InChI is InChI=1S/C12H14BrNO2S/c13-8-3-4-10(12(15)16)11(6-8)14-7-9-2-1-5-17-9/h3-4,6,9,14H,1-2,5,7H2,(H,15,16). The number of benzene rings is 1. The van der Waals surface area contributed by atoms with E-state index in [1.165, 1.54) is 18.6 Å². The van der Waals surface area contributed by atoms with Gasteiger partial charge in [-0.25, -0.2) is 4.79 Å². The molecule has 2 N–H and O–H groups in total. The van der Waals surface area contributed by atoms with Crippen LogP contribution in [-0.2, 0) is 0 Å². The zero-order valence-electron chi connectivity index (χ0n) is 9.28. The van der Waals surface area contributed by atoms with Crippen molar-refractivity contribution in [3.8, 4) is 0 Å². The molecule has 2 rings (SSSR count). The highest BCUT2D eigenvalue weighted by Crippen LogP contribution is 2.27. The summed E-state index contributed by atoms with van der Waals surface area (Å²) in [6.07, 6.45) is 2.48. The summed E-state index contributed by atoms with van der Waals surface area (Å²) in [7, 11) is 0. The van der Waals surface area contributed by atoms with E-state index in [0.717, 1.165) is 11.0 Å². The second kappa shape index (κ2) is 5.78. The van der Waals surface area contributed by atoms with Gasteiger partial charge in [0.1, 0.15) is 0 Å². The number of rotatable bonds is 4. The van der Waals surface area contributed by atoms with Crippen molar-refractivity contribution in [1.82, 2.24) is 0 Å². The summed E-state index contributed by atoms with van der Waals surface area (Å²) >= 11 is 5.32. The van der Waals surface area contributed by atoms with Crippen LogP contribution in [0.4, 0.5) is 5.69 Å². The zero-order valence-corrected chi connectivity index (χ0v) is 11.7. The summed E-state index contributed by atoms with van der Waals surface area (Å²) in [6, 6.07) is 5.19. The van der Waals surface area contributed by atoms with Crippen molar-refractivity contribution >= 4 is 39.3 Å². The molecule has 3 nitrogen and oxygen atoms in total. The molecule has 0 saturated carbocycles. The average molecular weight is 316 g/mol. The second-order valence-electron chi connectivity index (χ2n) is 4.01. The van der Waals surface area contributed by atoms with E-state index in [0.29, 0.717) is 16.5 Å². The lowest BCUT2D eigenvalue weighted by atomic mass is 10.1. The molecule has 1 aromatic rings. The van der Waals surface area contributed by atoms with E-state index in [1.807, 2.05) is 17.8 Å². The molecule has 0 radical (unpaired) electrons. The molecular weight excluding hydrogens is 302 g/mol. The third-order valence-electron chi connectivity index (χ3n) is 2.76. The van der Waals surface area contributed by atoms with E-state index in [1.54, 1.807) is 12.1 Å². The Morgan fingerprint density at radius 3 is 3.06 bits per heavy atom. The molecule has 92 valence electrons. The highest BCUT2D eigenvalue weighted by Gasteiger charge is 2.16. The Balaban J connectivity index is 2.07. The smallest absolute Gasteiger partial charge is 0.337 e. The molecule has 1 unspecified atom stereocenters. The number of hydrogen-bond acceptors (Lipinski definition) is 3. The number of nitrogens with one attached hydrogen (secondary N) is 1. The van der Waals surface area contributed by atoms with Gasteiger partial charge in [0.05, 0.1) is 5.56 Å². The molecule has 1 fully saturated rings. The Morgan fingerprint density at radius 1 is 1.59 bits per heavy atom. The molecule has 0 aliphatic carbocycles. The maximum atomic E-state index is 11.1. The van der Waals surface area contributed by atoms with Crippen molar-refractivity contribution < 1.29 is 9.90 Å². The number of hydrogen-bond donors (Lipinski definition) is 2. The van der Waals surface area contributed by atoms with Gasteiger partial charge >= 0.3 is 5.97 Å². The molecule has 5 heteroatoms. The molecule has 0 aromatic heterocycles. The van der Waals surface area contributed by atoms with Gasteiger partial charge in [0.25, 0.3) is 0 Å². The minimum atomic E-state index is -0.890. The van der Waals surface area contributed by atoms with Crippen LogP contribution in [0.25, 0.3) is 0 Å². The average Bonchev–Trinajstić information content (AvgIpc) is 2.78. The fourth-order valence-corrected chi connectivity index (χ4v) is 3.44. The first-order valence-corrected chi connectivity index (χ1v) is 7.39. The van der Waals surface area contributed by atoms with Crippen molar-refractivity contribution in [2.75, 3.05) is 17.6 Å². The largest absolute Gasteiger partial charge is 0.478 e. The first kappa shape index (κ1) is 12.8. The molecule has 1 aliphatic rings. The number of aromatic carboxylic acids is 1. The lowest BCUT2D eigenvalue weighted by Crippen LogP contribution is -2.15. The third-order valence-corrected chi connectivity index (χ3v) is 4.65. The lowest BCUT2D eigenvalue weighted by molar-refractivity contribution is 0.0698. The van der Waals surface area contributed by atoms with E-state index >= 15 is 0 Å². The van der Waals surface area contributed by atoms with Crippen LogP contribution < -0.4 is 5.32 Å². The van der Waals surface area contributed by atoms with E-state index < -0.39 is 5.97 Å². The van der Waals surface area contributed by atoms with Gasteiger partial charge in [0.2, 0.25) is 0 Å². The fraction of sp³-hybridized carbons (Fsp3) is 0.417. The van der Waals surface area contributed by atoms with Crippen LogP contribution in [0.15, 0.2) is 22.7 Å². The number of anilines is 1. The van der Waals surface area contributed by atoms with Gasteiger partial charge in [-0.15, -0.1) is 0 Å². The Bertz CT molecular complexity index is 419. The van der Waals surface area contributed by atoms with Crippen molar-refractivity contribution in [2.45, 2.75) is 18.1 Å². The Morgan fingerprint density at radius 2 is 2.41 bits per heavy atom. The summed E-state index contributed by atoms with van der Waals surface area (Å²) in [5, 5.41) is 12.9. The van der Waals surface area contributed by atoms with Crippen LogP contribution in [0.3, 0.4) is 0 Å². The van der Waals surface area contributed by atoms with Gasteiger partial charge < -0.3 is 10.4 Å². The van der Waals surface area contributed by atoms with Gasteiger partial charge in [0, 0.05) is 22.0 Å². The van der Waals surface area contributed by atoms with Gasteiger partial charge in [0.15, 0.2) is 0 Å². The molecule has 0 amide bonds. The van der Waals surface area contributed by atoms with Crippen LogP contribution in [-0.4, -0.2) is 28.6 Å². The van der Waals surface area contributed by atoms with Crippen molar-refractivity contribution in [1.29, 1.82) is 0 Å². The topological polar surface area (TPSA) is 49.3 Å². The maximum absolute atomic E-state index is 11.1. The quantitative estimate of drug-likeness (QED) is 0.893. The maximum Gasteiger partial charge on any atom is 0.337 e. The number of thioether (sulfide) groups is 1. The third kappa shape index (κ3) is 3.39. The molecule has 0 spiro atoms. The molecular formula is C12H14BrNO2S. The molecule has 1 atom stereocenters. The Hall–Kier alpha value is -0.680. The van der Waals surface area contributed by atoms with Crippen LogP contribution in [0.5, 0.6) is 0 Å². The molecule has 1 saturated heterocycles. The molecule has 1 heterocycles. The van der Waals surface area contributed by atoms with E-state index in [9.17, 15) is 4.79 Å². The summed E-state index contributed by atoms with van der Waals surface area (Å²) in [5.74, 6) is 0.329. The number of carbonyl (C=O) groups is 1. The van der Waals surface area contributed by atoms with E-state index in [-0.39, 0.29) is 0 Å². The summed E-state index contributed by atoms with van der Waals surface area (Å²) in [4.78, 5) is 11.1. The summed E-state index contributed by atoms with van der Waals surface area (Å²) < 4.78 is 0.893. The Labute approximate surface area is 113 Å². The fourth-order valence-electron chi connectivity index (χ4n) is 1.88. The molecule has 17 heavy (non-hydrogen) atoms. The minimum absolute atomic E-state index is 0.330. The minimum Gasteiger partial charge on any atom is -0.478 e. The Kier molecular flexibility index (Phi) is 4.34. The van der Waals surface area contributed by atoms with Crippen LogP contribution in [0.2, 0.25) is 0 Å². The monoisotopic (exact) mass is 315 g/mol.